The van der Waals surface area contributed by atoms with Crippen LogP contribution in [0.25, 0.3) is 17.2 Å². The van der Waals surface area contributed by atoms with Crippen LogP contribution in [0.1, 0.15) is 42.5 Å². The van der Waals surface area contributed by atoms with Gasteiger partial charge in [-0.2, -0.15) is 4.98 Å². The Kier molecular flexibility index (Phi) is 7.22. The number of nitrogens with two attached hydrogens (primary N) is 1. The highest BCUT2D eigenvalue weighted by atomic mass is 16.2. The van der Waals surface area contributed by atoms with Crippen LogP contribution in [0.4, 0.5) is 5.95 Å². The normalized spacial score (nSPS) is 15.9. The Labute approximate surface area is 209 Å². The van der Waals surface area contributed by atoms with Crippen molar-refractivity contribution in [3.05, 3.63) is 62.3 Å². The second-order valence-electron chi connectivity index (χ2n) is 9.00. The smallest absolute Gasteiger partial charge is 0.332 e. The number of imidazole rings is 1. The summed E-state index contributed by atoms with van der Waals surface area (Å²) in [6.45, 7) is 10.8. The van der Waals surface area contributed by atoms with Crippen molar-refractivity contribution in [1.82, 2.24) is 28.7 Å². The fourth-order valence-electron chi connectivity index (χ4n) is 4.65. The van der Waals surface area contributed by atoms with E-state index in [4.69, 9.17) is 10.7 Å². The summed E-state index contributed by atoms with van der Waals surface area (Å²) in [7, 11) is 1.62. The largest absolute Gasteiger partial charge is 0.341 e. The van der Waals surface area contributed by atoms with Crippen molar-refractivity contribution in [2.75, 3.05) is 18.0 Å². The van der Waals surface area contributed by atoms with Gasteiger partial charge in [-0.25, -0.2) is 14.8 Å². The fraction of sp³-hybridized carbons (Fsp3) is 0.423. The standard InChI is InChI=1S/C26H32N8O2/c1-6-8-12-20-17(3)28-21(29-18(20)4)16-34-24(35)22-23(31(5)26(34)36)30-25(33(22)14-9-7-2)32-13-10-11-19(27)15-32/h6,8,12,19H,1,10-11,13-16,27H2,2-5H3/b12-8-/t19-/m1/s1. The first-order valence-electron chi connectivity index (χ1n) is 12.0. The minimum atomic E-state index is -0.477. The van der Waals surface area contributed by atoms with E-state index in [0.29, 0.717) is 29.5 Å². The van der Waals surface area contributed by atoms with E-state index < -0.39 is 11.2 Å². The zero-order valence-electron chi connectivity index (χ0n) is 21.3. The molecule has 10 heteroatoms. The van der Waals surface area contributed by atoms with Gasteiger partial charge in [0.25, 0.3) is 5.56 Å². The molecule has 1 aliphatic heterocycles. The third kappa shape index (κ3) is 4.62. The van der Waals surface area contributed by atoms with Gasteiger partial charge in [-0.1, -0.05) is 30.7 Å². The van der Waals surface area contributed by atoms with Gasteiger partial charge in [-0.3, -0.25) is 18.5 Å². The summed E-state index contributed by atoms with van der Waals surface area (Å²) in [5, 5.41) is 0. The molecular weight excluding hydrogens is 456 g/mol. The summed E-state index contributed by atoms with van der Waals surface area (Å²) in [6, 6.07) is 0.0256. The number of aromatic nitrogens is 6. The monoisotopic (exact) mass is 488 g/mol. The van der Waals surface area contributed by atoms with Crippen LogP contribution < -0.4 is 21.9 Å². The van der Waals surface area contributed by atoms with Crippen molar-refractivity contribution < 1.29 is 0 Å². The molecule has 0 unspecified atom stereocenters. The molecule has 0 spiro atoms. The molecule has 1 atom stereocenters. The highest BCUT2D eigenvalue weighted by molar-refractivity contribution is 5.75. The Morgan fingerprint density at radius 2 is 1.89 bits per heavy atom. The maximum Gasteiger partial charge on any atom is 0.332 e. The zero-order chi connectivity index (χ0) is 26.0. The van der Waals surface area contributed by atoms with Crippen molar-refractivity contribution in [1.29, 1.82) is 0 Å². The number of rotatable bonds is 6. The second-order valence-corrected chi connectivity index (χ2v) is 9.00. The lowest BCUT2D eigenvalue weighted by Crippen LogP contribution is -2.44. The summed E-state index contributed by atoms with van der Waals surface area (Å²) in [5.41, 5.74) is 8.34. The maximum absolute atomic E-state index is 13.7. The first-order chi connectivity index (χ1) is 17.3. The zero-order valence-corrected chi connectivity index (χ0v) is 21.3. The van der Waals surface area contributed by atoms with E-state index in [1.54, 1.807) is 24.6 Å². The molecule has 4 rings (SSSR count). The van der Waals surface area contributed by atoms with Crippen molar-refractivity contribution in [2.45, 2.75) is 52.7 Å². The molecule has 0 bridgehead atoms. The van der Waals surface area contributed by atoms with E-state index in [0.717, 1.165) is 36.3 Å². The van der Waals surface area contributed by atoms with Crippen LogP contribution in [0, 0.1) is 25.7 Å². The average molecular weight is 489 g/mol. The van der Waals surface area contributed by atoms with E-state index >= 15 is 0 Å². The molecular formula is C26H32N8O2. The van der Waals surface area contributed by atoms with Crippen molar-refractivity contribution in [3.8, 4) is 11.8 Å². The fourth-order valence-corrected chi connectivity index (χ4v) is 4.65. The van der Waals surface area contributed by atoms with Crippen LogP contribution in [0.15, 0.2) is 28.3 Å². The summed E-state index contributed by atoms with van der Waals surface area (Å²) in [5.74, 6) is 6.93. The Bertz CT molecular complexity index is 1510. The molecule has 36 heavy (non-hydrogen) atoms. The topological polar surface area (TPSA) is 117 Å². The SMILES string of the molecule is C=C/C=C\c1c(C)nc(Cn2c(=O)c3c(nc(N4CCC[C@@H](N)C4)n3CC#CC)n(C)c2=O)nc1C. The number of fused-ring (bicyclic) bond motifs is 1. The lowest BCUT2D eigenvalue weighted by molar-refractivity contribution is 0.496. The summed E-state index contributed by atoms with van der Waals surface area (Å²) >= 11 is 0. The van der Waals surface area contributed by atoms with Gasteiger partial charge in [-0.15, -0.1) is 5.92 Å². The first kappa shape index (κ1) is 25.1. The third-order valence-corrected chi connectivity index (χ3v) is 6.44. The molecule has 1 saturated heterocycles. The van der Waals surface area contributed by atoms with Crippen LogP contribution in [0.3, 0.4) is 0 Å². The highest BCUT2D eigenvalue weighted by Gasteiger charge is 2.26. The van der Waals surface area contributed by atoms with E-state index in [9.17, 15) is 9.59 Å². The number of anilines is 1. The number of piperidine rings is 1. The molecule has 0 aliphatic carbocycles. The molecule has 0 amide bonds. The van der Waals surface area contributed by atoms with Gasteiger partial charge in [0.2, 0.25) is 5.95 Å². The van der Waals surface area contributed by atoms with Gasteiger partial charge in [0, 0.05) is 43.1 Å². The summed E-state index contributed by atoms with van der Waals surface area (Å²) in [6.07, 6.45) is 7.27. The van der Waals surface area contributed by atoms with Gasteiger partial charge >= 0.3 is 5.69 Å². The quantitative estimate of drug-likeness (QED) is 0.413. The van der Waals surface area contributed by atoms with E-state index in [-0.39, 0.29) is 19.1 Å². The van der Waals surface area contributed by atoms with E-state index in [2.05, 4.69) is 33.3 Å². The van der Waals surface area contributed by atoms with Gasteiger partial charge in [0.15, 0.2) is 11.2 Å². The number of hydrogen-bond acceptors (Lipinski definition) is 7. The second kappa shape index (κ2) is 10.3. The molecule has 0 aromatic carbocycles. The number of aryl methyl sites for hydroxylation is 3. The van der Waals surface area contributed by atoms with Gasteiger partial charge in [0.05, 0.1) is 13.1 Å². The van der Waals surface area contributed by atoms with Crippen LogP contribution in [-0.2, 0) is 20.1 Å². The highest BCUT2D eigenvalue weighted by Crippen LogP contribution is 2.23. The molecule has 4 heterocycles. The Morgan fingerprint density at radius 1 is 1.17 bits per heavy atom. The summed E-state index contributed by atoms with van der Waals surface area (Å²) < 4.78 is 4.36. The summed E-state index contributed by atoms with van der Waals surface area (Å²) in [4.78, 5) is 43.0. The van der Waals surface area contributed by atoms with Crippen molar-refractivity contribution in [3.63, 3.8) is 0 Å². The Balaban J connectivity index is 1.87. The van der Waals surface area contributed by atoms with Crippen molar-refractivity contribution >= 4 is 23.2 Å². The number of hydrogen-bond donors (Lipinski definition) is 1. The van der Waals surface area contributed by atoms with Gasteiger partial charge in [-0.05, 0) is 33.6 Å². The number of nitrogens with zero attached hydrogens (tertiary/aromatic N) is 7. The molecule has 0 radical (unpaired) electrons. The Hall–Kier alpha value is -3.97. The van der Waals surface area contributed by atoms with E-state index in [1.807, 2.05) is 26.0 Å². The average Bonchev–Trinajstić information content (AvgIpc) is 3.23. The lowest BCUT2D eigenvalue weighted by atomic mass is 10.1. The van der Waals surface area contributed by atoms with Crippen molar-refractivity contribution in [2.24, 2.45) is 12.8 Å². The van der Waals surface area contributed by atoms with E-state index in [1.165, 1.54) is 9.13 Å². The molecule has 188 valence electrons. The predicted octanol–water partition coefficient (Wildman–Crippen LogP) is 1.50. The molecule has 3 aromatic heterocycles. The van der Waals surface area contributed by atoms with Crippen LogP contribution >= 0.6 is 0 Å². The minimum absolute atomic E-state index is 0.0256. The lowest BCUT2D eigenvalue weighted by Gasteiger charge is -2.31. The Morgan fingerprint density at radius 3 is 2.53 bits per heavy atom. The first-order valence-corrected chi connectivity index (χ1v) is 12.0. The third-order valence-electron chi connectivity index (χ3n) is 6.44. The molecule has 1 fully saturated rings. The number of allylic oxidation sites excluding steroid dienone is 2. The molecule has 1 aliphatic rings. The predicted molar refractivity (Wildman–Crippen MR) is 142 cm³/mol. The van der Waals surface area contributed by atoms with Gasteiger partial charge < -0.3 is 10.6 Å². The minimum Gasteiger partial charge on any atom is -0.341 e. The van der Waals surface area contributed by atoms with Gasteiger partial charge in [0.1, 0.15) is 5.82 Å². The molecule has 10 nitrogen and oxygen atoms in total. The van der Waals surface area contributed by atoms with Crippen LogP contribution in [-0.4, -0.2) is 47.8 Å². The maximum atomic E-state index is 13.7. The molecule has 3 aromatic rings. The van der Waals surface area contributed by atoms with Crippen LogP contribution in [0.2, 0.25) is 0 Å². The molecule has 2 N–H and O–H groups in total. The molecule has 0 saturated carbocycles. The van der Waals surface area contributed by atoms with Crippen LogP contribution in [0.5, 0.6) is 0 Å².